The summed E-state index contributed by atoms with van der Waals surface area (Å²) in [7, 11) is 0. The van der Waals surface area contributed by atoms with E-state index >= 15 is 0 Å². The third-order valence-electron chi connectivity index (χ3n) is 6.89. The molecule has 0 aromatic heterocycles. The number of hydrazone groups is 1. The first-order valence-electron chi connectivity index (χ1n) is 11.5. The van der Waals surface area contributed by atoms with Gasteiger partial charge in [-0.3, -0.25) is 9.59 Å². The number of carbonyl (C=O) groups excluding carboxylic acids is 2. The topological polar surface area (TPSA) is 49.7 Å². The van der Waals surface area contributed by atoms with Gasteiger partial charge in [-0.2, -0.15) is 5.10 Å². The van der Waals surface area contributed by atoms with Crippen LogP contribution in [0.3, 0.4) is 0 Å². The highest BCUT2D eigenvalue weighted by Gasteiger charge is 2.66. The number of hydrogen-bond acceptors (Lipinski definition) is 4. The van der Waals surface area contributed by atoms with Crippen molar-refractivity contribution < 1.29 is 14.0 Å². The third-order valence-corrected chi connectivity index (χ3v) is 6.89. The molecule has 35 heavy (non-hydrogen) atoms. The molecule has 1 aliphatic heterocycles. The average Bonchev–Trinajstić information content (AvgIpc) is 3.36. The molecule has 170 valence electrons. The molecular formula is C30H21FN2O2. The quantitative estimate of drug-likeness (QED) is 0.355. The standard InChI is InChI=1S/C30H21FN2O2/c1-19-11-17-23(18-12-19)33-30(28(34)24-9-5-6-10-25(24)29(30)35)26(20-13-15-22(31)16-14-20)27(32-33)21-7-3-2-4-8-21/h2-18,26H,1H3. The normalized spacial score (nSPS) is 18.2. The van der Waals surface area contributed by atoms with Crippen molar-refractivity contribution in [3.8, 4) is 0 Å². The van der Waals surface area contributed by atoms with Gasteiger partial charge in [0.05, 0.1) is 17.3 Å². The summed E-state index contributed by atoms with van der Waals surface area (Å²) in [6.07, 6.45) is 0. The molecule has 2 aliphatic rings. The summed E-state index contributed by atoms with van der Waals surface area (Å²) in [4.78, 5) is 28.6. The van der Waals surface area contributed by atoms with Crippen molar-refractivity contribution in [3.63, 3.8) is 0 Å². The lowest BCUT2D eigenvalue weighted by molar-refractivity contribution is 0.0791. The number of rotatable bonds is 3. The predicted molar refractivity (Wildman–Crippen MR) is 134 cm³/mol. The summed E-state index contributed by atoms with van der Waals surface area (Å²) >= 11 is 0. The molecule has 0 saturated heterocycles. The van der Waals surface area contributed by atoms with Crippen LogP contribution in [-0.4, -0.2) is 22.8 Å². The van der Waals surface area contributed by atoms with Gasteiger partial charge in [0.15, 0.2) is 11.6 Å². The van der Waals surface area contributed by atoms with Crippen LogP contribution in [0.5, 0.6) is 0 Å². The van der Waals surface area contributed by atoms with Gasteiger partial charge < -0.3 is 0 Å². The maximum absolute atomic E-state index is 14.3. The maximum atomic E-state index is 14.3. The van der Waals surface area contributed by atoms with Crippen molar-refractivity contribution in [2.45, 2.75) is 18.4 Å². The number of anilines is 1. The number of halogens is 1. The minimum atomic E-state index is -1.65. The van der Waals surface area contributed by atoms with E-state index in [0.717, 1.165) is 11.1 Å². The van der Waals surface area contributed by atoms with E-state index in [0.29, 0.717) is 28.1 Å². The van der Waals surface area contributed by atoms with Crippen molar-refractivity contribution in [2.24, 2.45) is 5.10 Å². The molecule has 0 bridgehead atoms. The molecule has 0 fully saturated rings. The number of benzene rings is 4. The Bertz CT molecular complexity index is 1460. The van der Waals surface area contributed by atoms with Crippen LogP contribution in [0.25, 0.3) is 0 Å². The lowest BCUT2D eigenvalue weighted by Gasteiger charge is -2.36. The molecule has 4 aromatic carbocycles. The first-order chi connectivity index (χ1) is 17.0. The van der Waals surface area contributed by atoms with Gasteiger partial charge in [-0.05, 0) is 42.3 Å². The lowest BCUT2D eigenvalue weighted by Crippen LogP contribution is -2.57. The highest BCUT2D eigenvalue weighted by atomic mass is 19.1. The van der Waals surface area contributed by atoms with Crippen LogP contribution >= 0.6 is 0 Å². The van der Waals surface area contributed by atoms with Crippen LogP contribution in [0.2, 0.25) is 0 Å². The zero-order valence-electron chi connectivity index (χ0n) is 19.0. The fourth-order valence-electron chi connectivity index (χ4n) is 5.25. The second-order valence-electron chi connectivity index (χ2n) is 8.95. The molecule has 6 rings (SSSR count). The molecule has 1 spiro atoms. The first-order valence-corrected chi connectivity index (χ1v) is 11.5. The average molecular weight is 461 g/mol. The molecule has 5 heteroatoms. The third kappa shape index (κ3) is 3.01. The van der Waals surface area contributed by atoms with Crippen molar-refractivity contribution >= 4 is 23.0 Å². The van der Waals surface area contributed by atoms with E-state index in [1.807, 2.05) is 61.5 Å². The molecule has 0 saturated carbocycles. The van der Waals surface area contributed by atoms with Gasteiger partial charge in [-0.25, -0.2) is 9.40 Å². The molecule has 0 radical (unpaired) electrons. The first kappa shape index (κ1) is 21.2. The molecule has 4 aromatic rings. The zero-order chi connectivity index (χ0) is 24.2. The summed E-state index contributed by atoms with van der Waals surface area (Å²) < 4.78 is 13.9. The Morgan fingerprint density at radius 2 is 1.31 bits per heavy atom. The Hall–Kier alpha value is -4.38. The Labute approximate surface area is 202 Å². The zero-order valence-corrected chi connectivity index (χ0v) is 19.0. The lowest BCUT2D eigenvalue weighted by atomic mass is 9.72. The van der Waals surface area contributed by atoms with Crippen LogP contribution < -0.4 is 5.01 Å². The highest BCUT2D eigenvalue weighted by molar-refractivity contribution is 6.38. The Morgan fingerprint density at radius 1 is 0.743 bits per heavy atom. The minimum absolute atomic E-state index is 0.303. The number of ketones is 2. The largest absolute Gasteiger partial charge is 0.291 e. The molecule has 0 N–H and O–H groups in total. The second kappa shape index (κ2) is 7.84. The Balaban J connectivity index is 1.67. The van der Waals surface area contributed by atoms with Crippen LogP contribution in [0, 0.1) is 12.7 Å². The SMILES string of the molecule is Cc1ccc(N2N=C(c3ccccc3)C(c3ccc(F)cc3)C23C(=O)c2ccccc2C3=O)cc1. The summed E-state index contributed by atoms with van der Waals surface area (Å²) in [6, 6.07) is 30.1. The number of carbonyl (C=O) groups is 2. The van der Waals surface area contributed by atoms with Crippen molar-refractivity contribution in [1.82, 2.24) is 0 Å². The highest BCUT2D eigenvalue weighted by Crippen LogP contribution is 2.51. The van der Waals surface area contributed by atoms with Gasteiger partial charge >= 0.3 is 0 Å². The van der Waals surface area contributed by atoms with E-state index in [-0.39, 0.29) is 17.4 Å². The second-order valence-corrected chi connectivity index (χ2v) is 8.95. The van der Waals surface area contributed by atoms with Gasteiger partial charge in [-0.1, -0.05) is 84.4 Å². The summed E-state index contributed by atoms with van der Waals surface area (Å²) in [5, 5.41) is 6.56. The Kier molecular flexibility index (Phi) is 4.74. The van der Waals surface area contributed by atoms with Gasteiger partial charge in [-0.15, -0.1) is 0 Å². The van der Waals surface area contributed by atoms with Gasteiger partial charge in [0, 0.05) is 11.1 Å². The molecule has 1 atom stereocenters. The predicted octanol–water partition coefficient (Wildman–Crippen LogP) is 5.96. The number of aryl methyl sites for hydroxylation is 1. The number of nitrogens with zero attached hydrogens (tertiary/aromatic N) is 2. The fourth-order valence-corrected chi connectivity index (χ4v) is 5.25. The van der Waals surface area contributed by atoms with E-state index in [2.05, 4.69) is 0 Å². The van der Waals surface area contributed by atoms with Crippen molar-refractivity contribution in [1.29, 1.82) is 0 Å². The van der Waals surface area contributed by atoms with E-state index in [1.165, 1.54) is 12.1 Å². The molecule has 0 amide bonds. The minimum Gasteiger partial charge on any atom is -0.291 e. The van der Waals surface area contributed by atoms with Gasteiger partial charge in [0.2, 0.25) is 5.54 Å². The van der Waals surface area contributed by atoms with Crippen LogP contribution in [-0.2, 0) is 0 Å². The maximum Gasteiger partial charge on any atom is 0.201 e. The van der Waals surface area contributed by atoms with E-state index < -0.39 is 11.5 Å². The van der Waals surface area contributed by atoms with E-state index in [4.69, 9.17) is 5.10 Å². The van der Waals surface area contributed by atoms with E-state index in [1.54, 1.807) is 41.4 Å². The van der Waals surface area contributed by atoms with Crippen LogP contribution in [0.1, 0.15) is 43.3 Å². The van der Waals surface area contributed by atoms with Crippen LogP contribution in [0.15, 0.2) is 108 Å². The van der Waals surface area contributed by atoms with Gasteiger partial charge in [0.25, 0.3) is 0 Å². The smallest absolute Gasteiger partial charge is 0.201 e. The molecular weight excluding hydrogens is 439 g/mol. The van der Waals surface area contributed by atoms with Gasteiger partial charge in [0.1, 0.15) is 5.82 Å². The molecule has 1 aliphatic carbocycles. The monoisotopic (exact) mass is 460 g/mol. The number of Topliss-reactive ketones (excluding diaryl/α,β-unsaturated/α-hetero) is 2. The van der Waals surface area contributed by atoms with Crippen LogP contribution in [0.4, 0.5) is 10.1 Å². The van der Waals surface area contributed by atoms with Crippen molar-refractivity contribution in [2.75, 3.05) is 5.01 Å². The summed E-state index contributed by atoms with van der Waals surface area (Å²) in [5.41, 5.74) is 2.84. The van der Waals surface area contributed by atoms with E-state index in [9.17, 15) is 14.0 Å². The molecule has 1 heterocycles. The molecule has 4 nitrogen and oxygen atoms in total. The fraction of sp³-hybridized carbons (Fsp3) is 0.100. The van der Waals surface area contributed by atoms with Crippen molar-refractivity contribution in [3.05, 3.63) is 137 Å². The number of fused-ring (bicyclic) bond motifs is 1. The summed E-state index contributed by atoms with van der Waals surface area (Å²) in [6.45, 7) is 1.98. The summed E-state index contributed by atoms with van der Waals surface area (Å²) in [5.74, 6) is -1.73. The molecule has 1 unspecified atom stereocenters. The Morgan fingerprint density at radius 3 is 1.91 bits per heavy atom. The number of hydrogen-bond donors (Lipinski definition) is 0.